The summed E-state index contributed by atoms with van der Waals surface area (Å²) in [6.07, 6.45) is 3.24. The number of likely N-dealkylation sites (tertiary alicyclic amines) is 1. The van der Waals surface area contributed by atoms with Crippen LogP contribution in [0.4, 0.5) is 10.5 Å². The maximum atomic E-state index is 13.4. The van der Waals surface area contributed by atoms with Crippen LogP contribution in [0.1, 0.15) is 48.4 Å². The van der Waals surface area contributed by atoms with Gasteiger partial charge in [-0.25, -0.2) is 4.79 Å². The van der Waals surface area contributed by atoms with Crippen molar-refractivity contribution >= 4 is 28.6 Å². The lowest BCUT2D eigenvalue weighted by Crippen LogP contribution is -2.42. The summed E-state index contributed by atoms with van der Waals surface area (Å²) in [6.45, 7) is 5.29. The van der Waals surface area contributed by atoms with E-state index < -0.39 is 6.09 Å². The van der Waals surface area contributed by atoms with E-state index in [9.17, 15) is 9.59 Å². The van der Waals surface area contributed by atoms with Gasteiger partial charge in [0.05, 0.1) is 7.11 Å². The Bertz CT molecular complexity index is 1580. The second-order valence-corrected chi connectivity index (χ2v) is 11.8. The van der Waals surface area contributed by atoms with Gasteiger partial charge in [-0.2, -0.15) is 0 Å². The van der Waals surface area contributed by atoms with E-state index in [4.69, 9.17) is 19.9 Å². The number of carbonyl (C=O) groups is 2. The first-order chi connectivity index (χ1) is 21.9. The van der Waals surface area contributed by atoms with Gasteiger partial charge in [0.25, 0.3) is 0 Å². The summed E-state index contributed by atoms with van der Waals surface area (Å²) >= 11 is 0. The fourth-order valence-electron chi connectivity index (χ4n) is 6.40. The first-order valence-corrected chi connectivity index (χ1v) is 15.7. The minimum Gasteiger partial charge on any atom is -0.497 e. The number of anilines is 1. The van der Waals surface area contributed by atoms with Gasteiger partial charge in [0, 0.05) is 74.0 Å². The number of amides is 2. The standard InChI is InChI=1S/C36H44N4O5/c1-25-32-9-4-5-10-33(32)40(20-7-21-43-2)35(25)27-8-6-19-39(24-27)34(41)23-28(37)22-26-11-13-29(14-12-26)38-36(42)45-31-17-15-30(44-3)16-18-31/h4-5,9-18,27-28H,6-8,19-24,37H2,1-3H3,(H,38,42). The lowest BCUT2D eigenvalue weighted by molar-refractivity contribution is -0.132. The number of piperidine rings is 1. The molecule has 3 aromatic carbocycles. The second-order valence-electron chi connectivity index (χ2n) is 11.8. The fourth-order valence-corrected chi connectivity index (χ4v) is 6.40. The summed E-state index contributed by atoms with van der Waals surface area (Å²) in [7, 11) is 3.32. The number of ether oxygens (including phenoxy) is 3. The highest BCUT2D eigenvalue weighted by atomic mass is 16.6. The molecule has 2 heterocycles. The Morgan fingerprint density at radius 1 is 1.00 bits per heavy atom. The van der Waals surface area contributed by atoms with E-state index in [0.717, 1.165) is 37.9 Å². The van der Waals surface area contributed by atoms with Gasteiger partial charge in [0.15, 0.2) is 0 Å². The van der Waals surface area contributed by atoms with Crippen LogP contribution < -0.4 is 20.5 Å². The Morgan fingerprint density at radius 2 is 1.73 bits per heavy atom. The Kier molecular flexibility index (Phi) is 10.8. The minimum absolute atomic E-state index is 0.103. The molecule has 45 heavy (non-hydrogen) atoms. The number of rotatable bonds is 12. The van der Waals surface area contributed by atoms with Crippen LogP contribution >= 0.6 is 0 Å². The molecule has 0 spiro atoms. The maximum Gasteiger partial charge on any atom is 0.417 e. The quantitative estimate of drug-likeness (QED) is 0.183. The van der Waals surface area contributed by atoms with Crippen LogP contribution in [-0.4, -0.2) is 61.4 Å². The number of carbonyl (C=O) groups excluding carboxylic acids is 2. The zero-order chi connectivity index (χ0) is 31.8. The number of nitrogens with two attached hydrogens (primary N) is 1. The number of nitrogens with one attached hydrogen (secondary N) is 1. The van der Waals surface area contributed by atoms with Gasteiger partial charge < -0.3 is 29.4 Å². The van der Waals surface area contributed by atoms with Gasteiger partial charge in [-0.3, -0.25) is 10.1 Å². The van der Waals surface area contributed by atoms with E-state index in [2.05, 4.69) is 41.1 Å². The van der Waals surface area contributed by atoms with Crippen LogP contribution in [0.5, 0.6) is 11.5 Å². The van der Waals surface area contributed by atoms with Gasteiger partial charge >= 0.3 is 6.09 Å². The van der Waals surface area contributed by atoms with Crippen LogP contribution in [-0.2, 0) is 22.5 Å². The Balaban J connectivity index is 1.15. The highest BCUT2D eigenvalue weighted by molar-refractivity contribution is 5.86. The molecule has 1 saturated heterocycles. The molecule has 0 aliphatic carbocycles. The number of methoxy groups -OCH3 is 2. The summed E-state index contributed by atoms with van der Waals surface area (Å²) in [6, 6.07) is 22.5. The predicted molar refractivity (Wildman–Crippen MR) is 177 cm³/mol. The summed E-state index contributed by atoms with van der Waals surface area (Å²) in [5.74, 6) is 1.49. The van der Waals surface area contributed by atoms with Gasteiger partial charge in [-0.15, -0.1) is 0 Å². The molecule has 9 heteroatoms. The van der Waals surface area contributed by atoms with E-state index in [1.54, 1.807) is 38.5 Å². The van der Waals surface area contributed by atoms with E-state index in [-0.39, 0.29) is 24.3 Å². The van der Waals surface area contributed by atoms with Crippen molar-refractivity contribution in [2.24, 2.45) is 5.73 Å². The molecular weight excluding hydrogens is 568 g/mol. The largest absolute Gasteiger partial charge is 0.497 e. The summed E-state index contributed by atoms with van der Waals surface area (Å²) < 4.78 is 18.2. The number of benzene rings is 3. The smallest absolute Gasteiger partial charge is 0.417 e. The lowest BCUT2D eigenvalue weighted by atomic mass is 9.91. The molecule has 1 aliphatic rings. The van der Waals surface area contributed by atoms with Crippen molar-refractivity contribution in [2.75, 3.05) is 39.2 Å². The zero-order valence-corrected chi connectivity index (χ0v) is 26.5. The lowest BCUT2D eigenvalue weighted by Gasteiger charge is -2.34. The first-order valence-electron chi connectivity index (χ1n) is 15.7. The van der Waals surface area contributed by atoms with Crippen molar-refractivity contribution in [3.63, 3.8) is 0 Å². The average Bonchev–Trinajstić information content (AvgIpc) is 3.33. The molecule has 1 aliphatic heterocycles. The van der Waals surface area contributed by atoms with Gasteiger partial charge in [0.1, 0.15) is 11.5 Å². The van der Waals surface area contributed by atoms with E-state index in [0.29, 0.717) is 36.8 Å². The van der Waals surface area contributed by atoms with Gasteiger partial charge in [0.2, 0.25) is 5.91 Å². The molecule has 5 rings (SSSR count). The average molecular weight is 613 g/mol. The number of para-hydroxylation sites is 1. The zero-order valence-electron chi connectivity index (χ0n) is 26.5. The normalized spacial score (nSPS) is 15.6. The predicted octanol–water partition coefficient (Wildman–Crippen LogP) is 6.27. The molecule has 3 N–H and O–H groups in total. The Labute approximate surface area is 265 Å². The molecule has 0 saturated carbocycles. The van der Waals surface area contributed by atoms with Crippen molar-refractivity contribution in [3.05, 3.63) is 89.6 Å². The first kappa shape index (κ1) is 32.1. The highest BCUT2D eigenvalue weighted by Gasteiger charge is 2.29. The summed E-state index contributed by atoms with van der Waals surface area (Å²) in [5.41, 5.74) is 12.0. The van der Waals surface area contributed by atoms with E-state index in [1.165, 1.54) is 22.2 Å². The molecule has 0 radical (unpaired) electrons. The van der Waals surface area contributed by atoms with Crippen molar-refractivity contribution in [2.45, 2.75) is 57.5 Å². The van der Waals surface area contributed by atoms with Crippen molar-refractivity contribution in [1.29, 1.82) is 0 Å². The van der Waals surface area contributed by atoms with Crippen LogP contribution in [0.3, 0.4) is 0 Å². The third kappa shape index (κ3) is 8.04. The number of aromatic nitrogens is 1. The molecule has 1 fully saturated rings. The molecule has 0 bridgehead atoms. The molecule has 4 aromatic rings. The van der Waals surface area contributed by atoms with E-state index in [1.807, 2.05) is 29.2 Å². The molecule has 1 aromatic heterocycles. The fraction of sp³-hybridized carbons (Fsp3) is 0.389. The van der Waals surface area contributed by atoms with Gasteiger partial charge in [-0.05, 0) is 86.2 Å². The molecule has 9 nitrogen and oxygen atoms in total. The number of nitrogens with zero attached hydrogens (tertiary/aromatic N) is 2. The van der Waals surface area contributed by atoms with Crippen LogP contribution in [0, 0.1) is 6.92 Å². The molecule has 2 amide bonds. The second kappa shape index (κ2) is 15.1. The molecular formula is C36H44N4O5. The Hall–Kier alpha value is -4.34. The third-order valence-electron chi connectivity index (χ3n) is 8.57. The topological polar surface area (TPSA) is 108 Å². The minimum atomic E-state index is -0.583. The molecule has 238 valence electrons. The van der Waals surface area contributed by atoms with Crippen molar-refractivity contribution < 1.29 is 23.8 Å². The number of hydrogen-bond donors (Lipinski definition) is 2. The van der Waals surface area contributed by atoms with Crippen molar-refractivity contribution in [3.8, 4) is 11.5 Å². The van der Waals surface area contributed by atoms with Gasteiger partial charge in [-0.1, -0.05) is 30.3 Å². The summed E-state index contributed by atoms with van der Waals surface area (Å²) in [4.78, 5) is 27.7. The third-order valence-corrected chi connectivity index (χ3v) is 8.57. The van der Waals surface area contributed by atoms with E-state index >= 15 is 0 Å². The number of fused-ring (bicyclic) bond motifs is 1. The SMILES string of the molecule is COCCCn1c(C2CCCN(C(=O)CC(N)Cc3ccc(NC(=O)Oc4ccc(OC)cc4)cc3)C2)c(C)c2ccccc21. The molecule has 2 atom stereocenters. The van der Waals surface area contributed by atoms with Crippen LogP contribution in [0.2, 0.25) is 0 Å². The van der Waals surface area contributed by atoms with Crippen LogP contribution in [0.15, 0.2) is 72.8 Å². The monoisotopic (exact) mass is 612 g/mol. The van der Waals surface area contributed by atoms with Crippen molar-refractivity contribution in [1.82, 2.24) is 9.47 Å². The highest BCUT2D eigenvalue weighted by Crippen LogP contribution is 2.36. The molecule has 2 unspecified atom stereocenters. The Morgan fingerprint density at radius 3 is 2.47 bits per heavy atom. The number of aryl methyl sites for hydroxylation is 2. The summed E-state index contributed by atoms with van der Waals surface area (Å²) in [5, 5.41) is 4.01. The maximum absolute atomic E-state index is 13.4. The van der Waals surface area contributed by atoms with Crippen LogP contribution in [0.25, 0.3) is 10.9 Å². The number of hydrogen-bond acceptors (Lipinski definition) is 6.